The van der Waals surface area contributed by atoms with Crippen molar-refractivity contribution in [3.05, 3.63) is 39.3 Å². The molecule has 0 saturated carbocycles. The van der Waals surface area contributed by atoms with Crippen molar-refractivity contribution in [1.29, 1.82) is 0 Å². The molecule has 0 aliphatic heterocycles. The Kier molecular flexibility index (Phi) is 6.84. The van der Waals surface area contributed by atoms with E-state index < -0.39 is 17.6 Å². The minimum absolute atomic E-state index is 0.149. The van der Waals surface area contributed by atoms with Crippen LogP contribution in [0.3, 0.4) is 0 Å². The van der Waals surface area contributed by atoms with Crippen LogP contribution in [0.4, 0.5) is 0 Å². The summed E-state index contributed by atoms with van der Waals surface area (Å²) in [7, 11) is 0. The predicted molar refractivity (Wildman–Crippen MR) is 95.2 cm³/mol. The van der Waals surface area contributed by atoms with Crippen LogP contribution in [0.1, 0.15) is 34.5 Å². The third-order valence-electron chi connectivity index (χ3n) is 4.23. The van der Waals surface area contributed by atoms with E-state index in [9.17, 15) is 14.7 Å². The Balaban J connectivity index is 2.53. The van der Waals surface area contributed by atoms with Gasteiger partial charge in [0.15, 0.2) is 0 Å². The zero-order valence-electron chi connectivity index (χ0n) is 14.9. The Bertz CT molecular complexity index is 846. The molecule has 1 aromatic heterocycles. The molecule has 0 bridgehead atoms. The first kappa shape index (κ1) is 20.0. The Morgan fingerprint density at radius 1 is 1.19 bits per heavy atom. The van der Waals surface area contributed by atoms with Gasteiger partial charge in [-0.15, -0.1) is 0 Å². The topological polar surface area (TPSA) is 122 Å². The quantitative estimate of drug-likeness (QED) is 0.576. The number of benzene rings is 1. The minimum Gasteiger partial charge on any atom is -0.458 e. The van der Waals surface area contributed by atoms with Crippen LogP contribution in [0.5, 0.6) is 0 Å². The summed E-state index contributed by atoms with van der Waals surface area (Å²) in [6.45, 7) is 3.26. The summed E-state index contributed by atoms with van der Waals surface area (Å²) < 4.78 is 6.23. The minimum atomic E-state index is -0.895. The number of aryl methyl sites for hydroxylation is 3. The van der Waals surface area contributed by atoms with Gasteiger partial charge in [0.05, 0.1) is 23.7 Å². The number of aromatic nitrogens is 2. The van der Waals surface area contributed by atoms with E-state index in [1.54, 1.807) is 6.07 Å². The summed E-state index contributed by atoms with van der Waals surface area (Å²) >= 11 is 0. The summed E-state index contributed by atoms with van der Waals surface area (Å²) in [5, 5.41) is 27.6. The van der Waals surface area contributed by atoms with Crippen molar-refractivity contribution >= 4 is 17.0 Å². The molecule has 26 heavy (non-hydrogen) atoms. The third-order valence-corrected chi connectivity index (χ3v) is 4.23. The Labute approximate surface area is 150 Å². The van der Waals surface area contributed by atoms with Crippen LogP contribution < -0.4 is 5.56 Å². The number of esters is 1. The van der Waals surface area contributed by atoms with Crippen molar-refractivity contribution < 1.29 is 24.9 Å². The molecule has 0 fully saturated rings. The fourth-order valence-corrected chi connectivity index (χ4v) is 2.63. The summed E-state index contributed by atoms with van der Waals surface area (Å²) in [6.07, 6.45) is -0.301. The number of carbonyl (C=O) groups excluding carboxylic acids is 1. The van der Waals surface area contributed by atoms with Gasteiger partial charge in [-0.25, -0.2) is 9.78 Å². The maximum absolute atomic E-state index is 12.8. The summed E-state index contributed by atoms with van der Waals surface area (Å²) in [5.41, 5.74) is 2.00. The highest BCUT2D eigenvalue weighted by Crippen LogP contribution is 2.18. The van der Waals surface area contributed by atoms with E-state index in [0.29, 0.717) is 11.0 Å². The molecule has 2 rings (SSSR count). The number of aliphatic hydroxyl groups excluding tert-OH is 3. The van der Waals surface area contributed by atoms with Crippen LogP contribution in [0, 0.1) is 13.8 Å². The van der Waals surface area contributed by atoms with Gasteiger partial charge in [0.2, 0.25) is 5.69 Å². The molecule has 0 saturated heterocycles. The molecule has 0 aliphatic carbocycles. The summed E-state index contributed by atoms with van der Waals surface area (Å²) in [6, 6.07) is 3.61. The zero-order chi connectivity index (χ0) is 19.3. The average molecular weight is 364 g/mol. The van der Waals surface area contributed by atoms with Gasteiger partial charge in [-0.2, -0.15) is 0 Å². The Morgan fingerprint density at radius 2 is 1.88 bits per heavy atom. The smallest absolute Gasteiger partial charge is 0.362 e. The highest BCUT2D eigenvalue weighted by molar-refractivity contribution is 5.89. The van der Waals surface area contributed by atoms with E-state index in [0.717, 1.165) is 11.1 Å². The van der Waals surface area contributed by atoms with Crippen LogP contribution >= 0.6 is 0 Å². The molecular weight excluding hydrogens is 340 g/mol. The second-order valence-corrected chi connectivity index (χ2v) is 6.16. The molecule has 1 unspecified atom stereocenters. The largest absolute Gasteiger partial charge is 0.458 e. The lowest BCUT2D eigenvalue weighted by Crippen LogP contribution is -2.31. The first-order chi connectivity index (χ1) is 12.4. The standard InChI is InChI=1S/C18H24N2O6/c1-11-9-14-15(10-12(11)2)20(5-3-13(23)4-6-21)17(24)16(19-14)18(25)26-8-7-22/h9-10,13,21-23H,3-8H2,1-2H3. The van der Waals surface area contributed by atoms with Gasteiger partial charge in [-0.1, -0.05) is 0 Å². The lowest BCUT2D eigenvalue weighted by Gasteiger charge is -2.15. The van der Waals surface area contributed by atoms with E-state index in [1.165, 1.54) is 4.57 Å². The SMILES string of the molecule is Cc1cc2nc(C(=O)OCCO)c(=O)n(CCC(O)CCO)c2cc1C. The zero-order valence-corrected chi connectivity index (χ0v) is 14.9. The van der Waals surface area contributed by atoms with Crippen LogP contribution in [-0.2, 0) is 11.3 Å². The normalized spacial score (nSPS) is 12.3. The van der Waals surface area contributed by atoms with E-state index >= 15 is 0 Å². The molecule has 1 atom stereocenters. The van der Waals surface area contributed by atoms with Crippen molar-refractivity contribution in [1.82, 2.24) is 9.55 Å². The van der Waals surface area contributed by atoms with Crippen molar-refractivity contribution in [2.24, 2.45) is 0 Å². The van der Waals surface area contributed by atoms with E-state index in [1.807, 2.05) is 19.9 Å². The monoisotopic (exact) mass is 364 g/mol. The summed E-state index contributed by atoms with van der Waals surface area (Å²) in [5.74, 6) is -0.895. The molecule has 1 heterocycles. The molecular formula is C18H24N2O6. The first-order valence-electron chi connectivity index (χ1n) is 8.47. The molecule has 8 nitrogen and oxygen atoms in total. The third kappa shape index (κ3) is 4.46. The Morgan fingerprint density at radius 3 is 2.54 bits per heavy atom. The van der Waals surface area contributed by atoms with Crippen LogP contribution in [-0.4, -0.2) is 56.8 Å². The maximum atomic E-state index is 12.8. The highest BCUT2D eigenvalue weighted by atomic mass is 16.5. The van der Waals surface area contributed by atoms with Crippen molar-refractivity contribution in [2.75, 3.05) is 19.8 Å². The number of fused-ring (bicyclic) bond motifs is 1. The van der Waals surface area contributed by atoms with Crippen LogP contribution in [0.25, 0.3) is 11.0 Å². The highest BCUT2D eigenvalue weighted by Gasteiger charge is 2.20. The number of aliphatic hydroxyl groups is 3. The Hall–Kier alpha value is -2.29. The maximum Gasteiger partial charge on any atom is 0.362 e. The molecule has 8 heteroatoms. The van der Waals surface area contributed by atoms with Gasteiger partial charge in [0.1, 0.15) is 6.61 Å². The molecule has 2 aromatic rings. The molecule has 0 aliphatic rings. The molecule has 0 spiro atoms. The molecule has 0 radical (unpaired) electrons. The second kappa shape index (κ2) is 8.88. The lowest BCUT2D eigenvalue weighted by molar-refractivity contribution is 0.0424. The molecule has 0 amide bonds. The number of ether oxygens (including phenoxy) is 1. The molecule has 142 valence electrons. The fourth-order valence-electron chi connectivity index (χ4n) is 2.63. The lowest BCUT2D eigenvalue weighted by atomic mass is 10.1. The van der Waals surface area contributed by atoms with Crippen molar-refractivity contribution in [2.45, 2.75) is 39.3 Å². The van der Waals surface area contributed by atoms with Gasteiger partial charge >= 0.3 is 5.97 Å². The van der Waals surface area contributed by atoms with Gasteiger partial charge in [0, 0.05) is 13.2 Å². The number of nitrogens with zero attached hydrogens (tertiary/aromatic N) is 2. The van der Waals surface area contributed by atoms with Crippen LogP contribution in [0.15, 0.2) is 16.9 Å². The van der Waals surface area contributed by atoms with Crippen molar-refractivity contribution in [3.8, 4) is 0 Å². The average Bonchev–Trinajstić information content (AvgIpc) is 2.60. The summed E-state index contributed by atoms with van der Waals surface area (Å²) in [4.78, 5) is 29.0. The predicted octanol–water partition coefficient (Wildman–Crippen LogP) is 0.296. The van der Waals surface area contributed by atoms with Crippen LogP contribution in [0.2, 0.25) is 0 Å². The number of hydrogen-bond donors (Lipinski definition) is 3. The van der Waals surface area contributed by atoms with E-state index in [-0.39, 0.29) is 44.9 Å². The van der Waals surface area contributed by atoms with E-state index in [2.05, 4.69) is 4.98 Å². The van der Waals surface area contributed by atoms with Gasteiger partial charge in [0.25, 0.3) is 5.56 Å². The van der Waals surface area contributed by atoms with Crippen molar-refractivity contribution in [3.63, 3.8) is 0 Å². The number of carbonyl (C=O) groups is 1. The van der Waals surface area contributed by atoms with Gasteiger partial charge in [-0.3, -0.25) is 4.79 Å². The second-order valence-electron chi connectivity index (χ2n) is 6.16. The molecule has 1 aromatic carbocycles. The van der Waals surface area contributed by atoms with E-state index in [4.69, 9.17) is 14.9 Å². The molecule has 3 N–H and O–H groups in total. The van der Waals surface area contributed by atoms with Gasteiger partial charge in [-0.05, 0) is 49.9 Å². The van der Waals surface area contributed by atoms with Gasteiger partial charge < -0.3 is 24.6 Å². The number of hydrogen-bond acceptors (Lipinski definition) is 7. The first-order valence-corrected chi connectivity index (χ1v) is 8.47. The number of rotatable bonds is 8. The fraction of sp³-hybridized carbons (Fsp3) is 0.500.